The molecule has 0 aliphatic carbocycles. The number of nitrogens with one attached hydrogen (secondary N) is 3. The Labute approximate surface area is 170 Å². The van der Waals surface area contributed by atoms with Crippen LogP contribution in [0.25, 0.3) is 10.9 Å². The molecular formula is C23H26N4O2. The second-order valence-corrected chi connectivity index (χ2v) is 7.48. The summed E-state index contributed by atoms with van der Waals surface area (Å²) in [5.74, 6) is 0.183. The quantitative estimate of drug-likeness (QED) is 0.618. The SMILES string of the molecule is O=C(Nc1ccccc1)NC1CCN(C(=O)CCc2c[nH]c3ccccc23)CC1. The van der Waals surface area contributed by atoms with Gasteiger partial charge in [-0.15, -0.1) is 0 Å². The molecule has 0 bridgehead atoms. The van der Waals surface area contributed by atoms with E-state index in [0.29, 0.717) is 19.5 Å². The molecule has 3 N–H and O–H groups in total. The number of carbonyl (C=O) groups is 2. The fraction of sp³-hybridized carbons (Fsp3) is 0.304. The third-order valence-electron chi connectivity index (χ3n) is 5.50. The van der Waals surface area contributed by atoms with Gasteiger partial charge in [-0.25, -0.2) is 4.79 Å². The van der Waals surface area contributed by atoms with Gasteiger partial charge in [-0.05, 0) is 43.0 Å². The first-order valence-electron chi connectivity index (χ1n) is 10.1. The molecule has 3 amide bonds. The van der Waals surface area contributed by atoms with Crippen molar-refractivity contribution in [3.63, 3.8) is 0 Å². The first-order valence-corrected chi connectivity index (χ1v) is 10.1. The molecule has 0 radical (unpaired) electrons. The van der Waals surface area contributed by atoms with Gasteiger partial charge in [0.05, 0.1) is 0 Å². The summed E-state index contributed by atoms with van der Waals surface area (Å²) in [5, 5.41) is 7.04. The molecule has 2 heterocycles. The first-order chi connectivity index (χ1) is 14.2. The number of likely N-dealkylation sites (tertiary alicyclic amines) is 1. The molecule has 2 aromatic carbocycles. The number of carbonyl (C=O) groups excluding carboxylic acids is 2. The van der Waals surface area contributed by atoms with Crippen molar-refractivity contribution in [2.24, 2.45) is 0 Å². The lowest BCUT2D eigenvalue weighted by atomic mass is 10.0. The normalized spacial score (nSPS) is 14.7. The van der Waals surface area contributed by atoms with E-state index < -0.39 is 0 Å². The Morgan fingerprint density at radius 1 is 1.00 bits per heavy atom. The Bertz CT molecular complexity index is 975. The zero-order valence-corrected chi connectivity index (χ0v) is 16.4. The maximum atomic E-state index is 12.6. The largest absolute Gasteiger partial charge is 0.361 e. The summed E-state index contributed by atoms with van der Waals surface area (Å²) in [7, 11) is 0. The van der Waals surface area contributed by atoms with Gasteiger partial charge in [0.25, 0.3) is 0 Å². The molecule has 1 aliphatic heterocycles. The van der Waals surface area contributed by atoms with Gasteiger partial charge >= 0.3 is 6.03 Å². The molecule has 1 saturated heterocycles. The third-order valence-corrected chi connectivity index (χ3v) is 5.50. The number of aromatic nitrogens is 1. The number of nitrogens with zero attached hydrogens (tertiary/aromatic N) is 1. The minimum absolute atomic E-state index is 0.0939. The number of amides is 3. The number of hydrogen-bond acceptors (Lipinski definition) is 2. The van der Waals surface area contributed by atoms with Crippen molar-refractivity contribution in [2.45, 2.75) is 31.7 Å². The lowest BCUT2D eigenvalue weighted by molar-refractivity contribution is -0.132. The van der Waals surface area contributed by atoms with Crippen LogP contribution in [0.5, 0.6) is 0 Å². The average molecular weight is 390 g/mol. The molecule has 1 fully saturated rings. The van der Waals surface area contributed by atoms with Crippen molar-refractivity contribution < 1.29 is 9.59 Å². The second kappa shape index (κ2) is 8.82. The highest BCUT2D eigenvalue weighted by atomic mass is 16.2. The number of benzene rings is 2. The van der Waals surface area contributed by atoms with E-state index in [2.05, 4.69) is 21.7 Å². The van der Waals surface area contributed by atoms with E-state index >= 15 is 0 Å². The molecule has 0 saturated carbocycles. The molecule has 1 aromatic heterocycles. The molecule has 0 spiro atoms. The smallest absolute Gasteiger partial charge is 0.319 e. The maximum absolute atomic E-state index is 12.6. The van der Waals surface area contributed by atoms with Crippen LogP contribution in [0.1, 0.15) is 24.8 Å². The molecule has 150 valence electrons. The number of aromatic amines is 1. The van der Waals surface area contributed by atoms with Gasteiger partial charge in [-0.1, -0.05) is 36.4 Å². The number of hydrogen-bond donors (Lipinski definition) is 3. The average Bonchev–Trinajstić information content (AvgIpc) is 3.16. The zero-order valence-electron chi connectivity index (χ0n) is 16.4. The number of H-pyrrole nitrogens is 1. The van der Waals surface area contributed by atoms with Crippen LogP contribution in [0.3, 0.4) is 0 Å². The number of rotatable bonds is 5. The minimum Gasteiger partial charge on any atom is -0.361 e. The number of urea groups is 1. The third kappa shape index (κ3) is 4.77. The number of para-hydroxylation sites is 2. The molecule has 6 heteroatoms. The van der Waals surface area contributed by atoms with Gasteiger partial charge in [-0.2, -0.15) is 0 Å². The van der Waals surface area contributed by atoms with Crippen molar-refractivity contribution in [3.05, 3.63) is 66.4 Å². The zero-order chi connectivity index (χ0) is 20.1. The topological polar surface area (TPSA) is 77.2 Å². The van der Waals surface area contributed by atoms with Crippen molar-refractivity contribution in [1.82, 2.24) is 15.2 Å². The highest BCUT2D eigenvalue weighted by Gasteiger charge is 2.23. The van der Waals surface area contributed by atoms with Crippen LogP contribution in [0, 0.1) is 0 Å². The fourth-order valence-electron chi connectivity index (χ4n) is 3.89. The van der Waals surface area contributed by atoms with Crippen molar-refractivity contribution in [2.75, 3.05) is 18.4 Å². The number of fused-ring (bicyclic) bond motifs is 1. The lowest BCUT2D eigenvalue weighted by Gasteiger charge is -2.32. The van der Waals surface area contributed by atoms with Crippen LogP contribution in [0.2, 0.25) is 0 Å². The van der Waals surface area contributed by atoms with Crippen LogP contribution < -0.4 is 10.6 Å². The second-order valence-electron chi connectivity index (χ2n) is 7.48. The number of anilines is 1. The Kier molecular flexibility index (Phi) is 5.79. The maximum Gasteiger partial charge on any atom is 0.319 e. The summed E-state index contributed by atoms with van der Waals surface area (Å²) in [6.45, 7) is 1.37. The molecule has 1 aliphatic rings. The van der Waals surface area contributed by atoms with Gasteiger partial charge < -0.3 is 20.5 Å². The van der Waals surface area contributed by atoms with Crippen LogP contribution in [-0.4, -0.2) is 41.0 Å². The Morgan fingerprint density at radius 2 is 1.72 bits per heavy atom. The fourth-order valence-corrected chi connectivity index (χ4v) is 3.89. The number of piperidine rings is 1. The van der Waals surface area contributed by atoms with Crippen molar-refractivity contribution in [1.29, 1.82) is 0 Å². The summed E-state index contributed by atoms with van der Waals surface area (Å²) >= 11 is 0. The molecule has 6 nitrogen and oxygen atoms in total. The van der Waals surface area contributed by atoms with Crippen molar-refractivity contribution >= 4 is 28.5 Å². The van der Waals surface area contributed by atoms with E-state index in [1.54, 1.807) is 0 Å². The standard InChI is InChI=1S/C23H26N4O2/c28-22(11-10-17-16-24-21-9-5-4-8-20(17)21)27-14-12-19(13-15-27)26-23(29)25-18-6-2-1-3-7-18/h1-9,16,19,24H,10-15H2,(H2,25,26,29). The van der Waals surface area contributed by atoms with Crippen LogP contribution in [0.15, 0.2) is 60.8 Å². The van der Waals surface area contributed by atoms with Gasteiger partial charge in [0.15, 0.2) is 0 Å². The molecular weight excluding hydrogens is 364 g/mol. The first kappa shape index (κ1) is 19.1. The minimum atomic E-state index is -0.194. The highest BCUT2D eigenvalue weighted by Crippen LogP contribution is 2.20. The predicted molar refractivity (Wildman–Crippen MR) is 115 cm³/mol. The van der Waals surface area contributed by atoms with E-state index in [1.807, 2.05) is 59.6 Å². The van der Waals surface area contributed by atoms with Crippen molar-refractivity contribution in [3.8, 4) is 0 Å². The predicted octanol–water partition coefficient (Wildman–Crippen LogP) is 3.91. The molecule has 3 aromatic rings. The Balaban J connectivity index is 1.22. The van der Waals surface area contributed by atoms with Gasteiger partial charge in [0.1, 0.15) is 0 Å². The summed E-state index contributed by atoms with van der Waals surface area (Å²) in [6, 6.07) is 17.5. The molecule has 0 atom stereocenters. The van der Waals surface area contributed by atoms with Crippen LogP contribution >= 0.6 is 0 Å². The van der Waals surface area contributed by atoms with E-state index in [1.165, 1.54) is 10.9 Å². The summed E-state index contributed by atoms with van der Waals surface area (Å²) in [5.41, 5.74) is 3.06. The molecule has 0 unspecified atom stereocenters. The van der Waals surface area contributed by atoms with E-state index in [4.69, 9.17) is 0 Å². The molecule has 29 heavy (non-hydrogen) atoms. The Hall–Kier alpha value is -3.28. The van der Waals surface area contributed by atoms with E-state index in [0.717, 1.165) is 30.5 Å². The lowest BCUT2D eigenvalue weighted by Crippen LogP contribution is -2.47. The number of aryl methyl sites for hydroxylation is 1. The highest BCUT2D eigenvalue weighted by molar-refractivity contribution is 5.89. The summed E-state index contributed by atoms with van der Waals surface area (Å²) < 4.78 is 0. The van der Waals surface area contributed by atoms with E-state index in [-0.39, 0.29) is 18.0 Å². The summed E-state index contributed by atoms with van der Waals surface area (Å²) in [6.07, 6.45) is 4.80. The molecule has 4 rings (SSSR count). The van der Waals surface area contributed by atoms with E-state index in [9.17, 15) is 9.59 Å². The van der Waals surface area contributed by atoms with Gasteiger partial charge in [0, 0.05) is 48.3 Å². The van der Waals surface area contributed by atoms with Gasteiger partial charge in [-0.3, -0.25) is 4.79 Å². The monoisotopic (exact) mass is 390 g/mol. The Morgan fingerprint density at radius 3 is 2.52 bits per heavy atom. The summed E-state index contributed by atoms with van der Waals surface area (Å²) in [4.78, 5) is 29.9. The van der Waals surface area contributed by atoms with Crippen LogP contribution in [-0.2, 0) is 11.2 Å². The van der Waals surface area contributed by atoms with Crippen LogP contribution in [0.4, 0.5) is 10.5 Å². The van der Waals surface area contributed by atoms with Gasteiger partial charge in [0.2, 0.25) is 5.91 Å².